The molecular weight excluding hydrogens is 282 g/mol. The van der Waals surface area contributed by atoms with E-state index in [0.717, 1.165) is 28.8 Å². The number of carbonyl (C=O) groups is 1. The topological polar surface area (TPSA) is 58.4 Å². The van der Waals surface area contributed by atoms with E-state index >= 15 is 0 Å². The molecular formula is C12H16BrN3O. The molecule has 0 radical (unpaired) electrons. The molecule has 1 amide bonds. The van der Waals surface area contributed by atoms with Crippen molar-refractivity contribution in [1.29, 1.82) is 0 Å². The summed E-state index contributed by atoms with van der Waals surface area (Å²) in [6.07, 6.45) is 0.546. The Morgan fingerprint density at radius 3 is 2.94 bits per heavy atom. The maximum atomic E-state index is 11.3. The number of hydrogen-bond acceptors (Lipinski definition) is 3. The number of hydrogen-bond donors (Lipinski definition) is 2. The van der Waals surface area contributed by atoms with Crippen LogP contribution in [0.2, 0.25) is 0 Å². The summed E-state index contributed by atoms with van der Waals surface area (Å²) in [7, 11) is 0. The summed E-state index contributed by atoms with van der Waals surface area (Å²) in [5, 5.41) is 2.87. The Morgan fingerprint density at radius 2 is 2.18 bits per heavy atom. The fraction of sp³-hybridized carbons (Fsp3) is 0.417. The molecule has 1 heterocycles. The third kappa shape index (κ3) is 3.20. The number of nitrogens with zero attached hydrogens (tertiary/aromatic N) is 1. The minimum Gasteiger partial charge on any atom is -0.369 e. The zero-order valence-electron chi connectivity index (χ0n) is 9.58. The first-order valence-corrected chi connectivity index (χ1v) is 6.49. The molecule has 1 fully saturated rings. The number of anilines is 1. The average molecular weight is 298 g/mol. The Labute approximate surface area is 109 Å². The average Bonchev–Trinajstić information content (AvgIpc) is 2.53. The number of nitrogens with one attached hydrogen (secondary N) is 1. The van der Waals surface area contributed by atoms with E-state index in [2.05, 4.69) is 38.3 Å². The number of halogens is 1. The first kappa shape index (κ1) is 12.4. The van der Waals surface area contributed by atoms with E-state index in [4.69, 9.17) is 5.73 Å². The lowest BCUT2D eigenvalue weighted by molar-refractivity contribution is -0.120. The molecule has 1 aromatic rings. The predicted molar refractivity (Wildman–Crippen MR) is 71.9 cm³/mol. The largest absolute Gasteiger partial charge is 0.369 e. The van der Waals surface area contributed by atoms with Crippen LogP contribution in [0.4, 0.5) is 5.69 Å². The second-order valence-electron chi connectivity index (χ2n) is 4.11. The number of rotatable bonds is 2. The lowest BCUT2D eigenvalue weighted by atomic mass is 10.2. The molecule has 1 aliphatic heterocycles. The SMILES string of the molecule is NCc1cc(Br)cc(N2CCNC(=O)CC2)c1. The quantitative estimate of drug-likeness (QED) is 0.863. The molecule has 92 valence electrons. The fourth-order valence-electron chi connectivity index (χ4n) is 1.96. The summed E-state index contributed by atoms with van der Waals surface area (Å²) >= 11 is 3.49. The Hall–Kier alpha value is -1.07. The van der Waals surface area contributed by atoms with Crippen LogP contribution in [-0.4, -0.2) is 25.5 Å². The van der Waals surface area contributed by atoms with Gasteiger partial charge in [-0.2, -0.15) is 0 Å². The molecule has 3 N–H and O–H groups in total. The molecule has 0 spiro atoms. The Morgan fingerprint density at radius 1 is 1.35 bits per heavy atom. The van der Waals surface area contributed by atoms with Gasteiger partial charge >= 0.3 is 0 Å². The van der Waals surface area contributed by atoms with Crippen molar-refractivity contribution in [2.75, 3.05) is 24.5 Å². The van der Waals surface area contributed by atoms with Crippen molar-refractivity contribution in [1.82, 2.24) is 5.32 Å². The van der Waals surface area contributed by atoms with Gasteiger partial charge in [0.1, 0.15) is 0 Å². The van der Waals surface area contributed by atoms with E-state index in [-0.39, 0.29) is 5.91 Å². The molecule has 0 unspecified atom stereocenters. The fourth-order valence-corrected chi connectivity index (χ4v) is 2.49. The lowest BCUT2D eigenvalue weighted by Crippen LogP contribution is -2.28. The molecule has 1 aromatic carbocycles. The van der Waals surface area contributed by atoms with Gasteiger partial charge < -0.3 is 16.0 Å². The van der Waals surface area contributed by atoms with Gasteiger partial charge in [-0.25, -0.2) is 0 Å². The van der Waals surface area contributed by atoms with E-state index in [1.165, 1.54) is 0 Å². The van der Waals surface area contributed by atoms with E-state index in [1.807, 2.05) is 6.07 Å². The Balaban J connectivity index is 2.20. The number of nitrogens with two attached hydrogens (primary N) is 1. The molecule has 0 bridgehead atoms. The third-order valence-corrected chi connectivity index (χ3v) is 3.31. The molecule has 1 saturated heterocycles. The highest BCUT2D eigenvalue weighted by Gasteiger charge is 2.14. The molecule has 17 heavy (non-hydrogen) atoms. The van der Waals surface area contributed by atoms with Crippen LogP contribution in [0.25, 0.3) is 0 Å². The van der Waals surface area contributed by atoms with Gasteiger partial charge in [0, 0.05) is 42.8 Å². The molecule has 4 nitrogen and oxygen atoms in total. The minimum absolute atomic E-state index is 0.126. The van der Waals surface area contributed by atoms with Crippen LogP contribution in [0, 0.1) is 0 Å². The second-order valence-corrected chi connectivity index (χ2v) is 5.02. The first-order chi connectivity index (χ1) is 8.19. The van der Waals surface area contributed by atoms with E-state index < -0.39 is 0 Å². The molecule has 0 aliphatic carbocycles. The van der Waals surface area contributed by atoms with Crippen molar-refractivity contribution in [2.24, 2.45) is 5.73 Å². The van der Waals surface area contributed by atoms with Crippen LogP contribution in [0.15, 0.2) is 22.7 Å². The van der Waals surface area contributed by atoms with Crippen LogP contribution in [-0.2, 0) is 11.3 Å². The second kappa shape index (κ2) is 5.51. The highest BCUT2D eigenvalue weighted by molar-refractivity contribution is 9.10. The smallest absolute Gasteiger partial charge is 0.221 e. The van der Waals surface area contributed by atoms with E-state index in [9.17, 15) is 4.79 Å². The van der Waals surface area contributed by atoms with E-state index in [1.54, 1.807) is 0 Å². The first-order valence-electron chi connectivity index (χ1n) is 5.70. The molecule has 0 aromatic heterocycles. The van der Waals surface area contributed by atoms with Crippen molar-refractivity contribution in [3.05, 3.63) is 28.2 Å². The third-order valence-electron chi connectivity index (χ3n) is 2.86. The summed E-state index contributed by atoms with van der Waals surface area (Å²) in [5.74, 6) is 0.126. The highest BCUT2D eigenvalue weighted by atomic mass is 79.9. The Kier molecular flexibility index (Phi) is 4.02. The molecule has 0 saturated carbocycles. The van der Waals surface area contributed by atoms with Gasteiger partial charge in [0.25, 0.3) is 0 Å². The van der Waals surface area contributed by atoms with Crippen molar-refractivity contribution in [3.63, 3.8) is 0 Å². The normalized spacial score (nSPS) is 16.6. The van der Waals surface area contributed by atoms with Gasteiger partial charge in [-0.05, 0) is 23.8 Å². The van der Waals surface area contributed by atoms with Crippen molar-refractivity contribution in [3.8, 4) is 0 Å². The van der Waals surface area contributed by atoms with Gasteiger partial charge in [0.15, 0.2) is 0 Å². The van der Waals surface area contributed by atoms with Gasteiger partial charge in [0.05, 0.1) is 0 Å². The molecule has 1 aliphatic rings. The lowest BCUT2D eigenvalue weighted by Gasteiger charge is -2.22. The zero-order valence-corrected chi connectivity index (χ0v) is 11.2. The van der Waals surface area contributed by atoms with Gasteiger partial charge in [0.2, 0.25) is 5.91 Å². The predicted octanol–water partition coefficient (Wildman–Crippen LogP) is 1.23. The summed E-state index contributed by atoms with van der Waals surface area (Å²) in [6, 6.07) is 6.17. The van der Waals surface area contributed by atoms with Crippen molar-refractivity contribution < 1.29 is 4.79 Å². The Bertz CT molecular complexity index is 422. The van der Waals surface area contributed by atoms with Gasteiger partial charge in [-0.15, -0.1) is 0 Å². The minimum atomic E-state index is 0.126. The van der Waals surface area contributed by atoms with Crippen LogP contribution >= 0.6 is 15.9 Å². The summed E-state index contributed by atoms with van der Waals surface area (Å²) in [6.45, 7) is 2.82. The maximum Gasteiger partial charge on any atom is 0.221 e. The monoisotopic (exact) mass is 297 g/mol. The molecule has 5 heteroatoms. The van der Waals surface area contributed by atoms with Crippen molar-refractivity contribution in [2.45, 2.75) is 13.0 Å². The van der Waals surface area contributed by atoms with Crippen LogP contribution in [0.1, 0.15) is 12.0 Å². The van der Waals surface area contributed by atoms with E-state index in [0.29, 0.717) is 19.5 Å². The van der Waals surface area contributed by atoms with Crippen LogP contribution in [0.3, 0.4) is 0 Å². The van der Waals surface area contributed by atoms with Crippen molar-refractivity contribution >= 4 is 27.5 Å². The number of carbonyl (C=O) groups excluding carboxylic acids is 1. The van der Waals surface area contributed by atoms with Crippen LogP contribution in [0.5, 0.6) is 0 Å². The molecule has 0 atom stereocenters. The maximum absolute atomic E-state index is 11.3. The van der Waals surface area contributed by atoms with Crippen LogP contribution < -0.4 is 16.0 Å². The van der Waals surface area contributed by atoms with Gasteiger partial charge in [-0.3, -0.25) is 4.79 Å². The standard InChI is InChI=1S/C12H16BrN3O/c13-10-5-9(8-14)6-11(7-10)16-3-1-12(17)15-2-4-16/h5-7H,1-4,8,14H2,(H,15,17). The summed E-state index contributed by atoms with van der Waals surface area (Å²) in [4.78, 5) is 13.5. The summed E-state index contributed by atoms with van der Waals surface area (Å²) < 4.78 is 1.03. The number of benzene rings is 1. The number of amides is 1. The zero-order chi connectivity index (χ0) is 12.3. The summed E-state index contributed by atoms with van der Waals surface area (Å²) in [5.41, 5.74) is 7.88. The van der Waals surface area contributed by atoms with Gasteiger partial charge in [-0.1, -0.05) is 15.9 Å². The molecule has 2 rings (SSSR count). The highest BCUT2D eigenvalue weighted by Crippen LogP contribution is 2.23.